The molecule has 2 aromatic carbocycles. The number of aliphatic imine (C=N–C) groups is 1. The van der Waals surface area contributed by atoms with Gasteiger partial charge in [-0.05, 0) is 73.1 Å². The molecule has 47 heavy (non-hydrogen) atoms. The van der Waals surface area contributed by atoms with Gasteiger partial charge in [-0.2, -0.15) is 0 Å². The first-order valence-corrected chi connectivity index (χ1v) is 16.7. The lowest BCUT2D eigenvalue weighted by Gasteiger charge is -2.33. The molecule has 2 heterocycles. The second kappa shape index (κ2) is 14.9. The third-order valence-corrected chi connectivity index (χ3v) is 8.87. The number of rotatable bonds is 6. The number of fused-ring (bicyclic) bond motifs is 1. The highest BCUT2D eigenvalue weighted by Gasteiger charge is 2.30. The van der Waals surface area contributed by atoms with Gasteiger partial charge in [-0.25, -0.2) is 9.79 Å². The largest absolute Gasteiger partial charge is 0.484 e. The van der Waals surface area contributed by atoms with Crippen LogP contribution in [0.1, 0.15) is 81.7 Å². The number of carbonyl (C=O) groups excluding carboxylic acids is 1. The molecular formula is C36H45ClN8O2. The molecule has 1 aliphatic heterocycles. The predicted molar refractivity (Wildman–Crippen MR) is 187 cm³/mol. The molecule has 248 valence electrons. The molecule has 0 spiro atoms. The molecule has 5 rings (SSSR count). The Bertz CT molecular complexity index is 1700. The highest BCUT2D eigenvalue weighted by Crippen LogP contribution is 2.38. The number of nitrogens with zero attached hydrogens (tertiary/aromatic N) is 3. The number of pyridine rings is 1. The van der Waals surface area contributed by atoms with E-state index >= 15 is 0 Å². The molecule has 0 bridgehead atoms. The summed E-state index contributed by atoms with van der Waals surface area (Å²) in [7, 11) is 0. The van der Waals surface area contributed by atoms with Gasteiger partial charge in [0, 0.05) is 36.2 Å². The van der Waals surface area contributed by atoms with E-state index in [1.54, 1.807) is 29.0 Å². The van der Waals surface area contributed by atoms with Crippen LogP contribution < -0.4 is 26.6 Å². The lowest BCUT2D eigenvalue weighted by Crippen LogP contribution is -2.43. The molecule has 0 radical (unpaired) electrons. The normalized spacial score (nSPS) is 18.7. The zero-order chi connectivity index (χ0) is 33.6. The summed E-state index contributed by atoms with van der Waals surface area (Å²) in [5, 5.41) is 23.2. The number of ether oxygens (including phenoxy) is 1. The van der Waals surface area contributed by atoms with Crippen LogP contribution >= 0.6 is 11.6 Å². The number of aromatic nitrogens is 1. The van der Waals surface area contributed by atoms with E-state index in [1.807, 2.05) is 74.2 Å². The number of alkyl halides is 1. The minimum atomic E-state index is -0.387. The van der Waals surface area contributed by atoms with E-state index < -0.39 is 0 Å². The van der Waals surface area contributed by atoms with Gasteiger partial charge < -0.3 is 20.7 Å². The lowest BCUT2D eigenvalue weighted by molar-refractivity contribution is 0.171. The molecule has 1 saturated heterocycles. The van der Waals surface area contributed by atoms with Gasteiger partial charge in [0.1, 0.15) is 23.2 Å². The number of halogens is 1. The monoisotopic (exact) mass is 656 g/mol. The number of amides is 2. The van der Waals surface area contributed by atoms with Crippen molar-refractivity contribution in [1.82, 2.24) is 20.1 Å². The predicted octanol–water partition coefficient (Wildman–Crippen LogP) is 6.85. The van der Waals surface area contributed by atoms with Crippen LogP contribution in [-0.4, -0.2) is 40.4 Å². The Morgan fingerprint density at radius 1 is 1.04 bits per heavy atom. The van der Waals surface area contributed by atoms with Crippen LogP contribution in [0.3, 0.4) is 0 Å². The molecule has 2 atom stereocenters. The molecule has 2 aliphatic rings. The number of likely N-dealkylation sites (tertiary alicyclic amines) is 1. The number of amidine groups is 1. The second-order valence-electron chi connectivity index (χ2n) is 13.1. The van der Waals surface area contributed by atoms with E-state index in [2.05, 4.69) is 15.6 Å². The van der Waals surface area contributed by atoms with Crippen molar-refractivity contribution in [3.8, 4) is 5.75 Å². The van der Waals surface area contributed by atoms with Crippen molar-refractivity contribution in [2.24, 2.45) is 16.1 Å². The summed E-state index contributed by atoms with van der Waals surface area (Å²) in [5.41, 5.74) is 10.5. The number of benzene rings is 2. The summed E-state index contributed by atoms with van der Waals surface area (Å²) >= 11 is 5.95. The number of hydrogen-bond donors (Lipinski definition) is 5. The number of hydrogen-bond acceptors (Lipinski definition) is 6. The first-order valence-electron chi connectivity index (χ1n) is 16.2. The van der Waals surface area contributed by atoms with E-state index in [4.69, 9.17) is 32.9 Å². The van der Waals surface area contributed by atoms with Crippen molar-refractivity contribution in [1.29, 1.82) is 10.8 Å². The van der Waals surface area contributed by atoms with Crippen LogP contribution in [0.4, 0.5) is 10.5 Å². The number of piperidine rings is 1. The number of nitrogens with one attached hydrogen (secondary N) is 4. The van der Waals surface area contributed by atoms with Crippen molar-refractivity contribution in [2.75, 3.05) is 13.1 Å². The van der Waals surface area contributed by atoms with Crippen molar-refractivity contribution >= 4 is 35.1 Å². The SMILES string of the molecule is CC(C)(C)C(N)=CC(=Nc1ccc(CCl)cc1)NC(=O)N[C@H]1CC[C@@H](Oc2ccc(=N)n(C(=N)N3CCCCC3)c2)c2ccccc21. The van der Waals surface area contributed by atoms with Gasteiger partial charge in [0.15, 0.2) is 0 Å². The average Bonchev–Trinajstić information content (AvgIpc) is 3.06. The molecule has 0 unspecified atom stereocenters. The highest BCUT2D eigenvalue weighted by molar-refractivity contribution is 6.17. The third-order valence-electron chi connectivity index (χ3n) is 8.56. The topological polar surface area (TPSA) is 145 Å². The Balaban J connectivity index is 1.32. The Kier molecular flexibility index (Phi) is 10.7. The Morgan fingerprint density at radius 3 is 2.43 bits per heavy atom. The fourth-order valence-corrected chi connectivity index (χ4v) is 5.92. The van der Waals surface area contributed by atoms with Crippen molar-refractivity contribution < 1.29 is 9.53 Å². The van der Waals surface area contributed by atoms with Crippen LogP contribution in [0.25, 0.3) is 0 Å². The Morgan fingerprint density at radius 2 is 1.74 bits per heavy atom. The minimum absolute atomic E-state index is 0.238. The number of nitrogens with two attached hydrogens (primary N) is 1. The second-order valence-corrected chi connectivity index (χ2v) is 13.4. The summed E-state index contributed by atoms with van der Waals surface area (Å²) in [4.78, 5) is 20.1. The smallest absolute Gasteiger partial charge is 0.320 e. The van der Waals surface area contributed by atoms with Gasteiger partial charge >= 0.3 is 6.03 Å². The third kappa shape index (κ3) is 8.62. The Labute approximate surface area is 281 Å². The molecular weight excluding hydrogens is 612 g/mol. The zero-order valence-electron chi connectivity index (χ0n) is 27.4. The molecule has 10 nitrogen and oxygen atoms in total. The van der Waals surface area contributed by atoms with Crippen LogP contribution in [0.2, 0.25) is 0 Å². The first-order chi connectivity index (χ1) is 22.5. The fourth-order valence-electron chi connectivity index (χ4n) is 5.74. The maximum atomic E-state index is 13.4. The summed E-state index contributed by atoms with van der Waals surface area (Å²) in [5.74, 6) is 1.63. The molecule has 2 amide bonds. The van der Waals surface area contributed by atoms with Gasteiger partial charge in [-0.15, -0.1) is 11.6 Å². The van der Waals surface area contributed by atoms with Gasteiger partial charge in [-0.1, -0.05) is 57.2 Å². The van der Waals surface area contributed by atoms with Crippen LogP contribution in [0, 0.1) is 16.2 Å². The van der Waals surface area contributed by atoms with E-state index in [0.717, 1.165) is 42.6 Å². The molecule has 6 N–H and O–H groups in total. The van der Waals surface area contributed by atoms with E-state index in [0.29, 0.717) is 47.7 Å². The van der Waals surface area contributed by atoms with Crippen molar-refractivity contribution in [3.05, 3.63) is 101 Å². The van der Waals surface area contributed by atoms with E-state index in [-0.39, 0.29) is 29.1 Å². The maximum Gasteiger partial charge on any atom is 0.320 e. The van der Waals surface area contributed by atoms with Crippen LogP contribution in [-0.2, 0) is 5.88 Å². The molecule has 1 aromatic heterocycles. The Hall–Kier alpha value is -4.57. The molecule has 0 saturated carbocycles. The van der Waals surface area contributed by atoms with Crippen molar-refractivity contribution in [3.63, 3.8) is 0 Å². The van der Waals surface area contributed by atoms with Gasteiger partial charge in [0.05, 0.1) is 17.9 Å². The van der Waals surface area contributed by atoms with Gasteiger partial charge in [-0.3, -0.25) is 20.7 Å². The standard InChI is InChI=1S/C36H45ClN8O2/c1-36(2,3)31(38)21-33(41-25-13-11-24(22-37)12-14-25)43-35(46)42-29-16-17-30(28-10-6-5-9-27(28)29)47-26-15-18-32(39)45(23-26)34(40)44-19-7-4-8-20-44/h5-6,9-15,18,21,23,29-30,39-40H,4,7-8,16-17,19-20,22,38H2,1-3H3,(H2,41,42,43,46)/t29-,30+/m0/s1. The zero-order valence-corrected chi connectivity index (χ0v) is 28.1. The quantitative estimate of drug-likeness (QED) is 0.112. The highest BCUT2D eigenvalue weighted by atomic mass is 35.5. The summed E-state index contributed by atoms with van der Waals surface area (Å²) < 4.78 is 8.07. The summed E-state index contributed by atoms with van der Waals surface area (Å²) in [6.07, 6.45) is 7.79. The number of carbonyl (C=O) groups is 1. The molecule has 1 aliphatic carbocycles. The van der Waals surface area contributed by atoms with E-state index in [9.17, 15) is 4.79 Å². The van der Waals surface area contributed by atoms with E-state index in [1.165, 1.54) is 6.42 Å². The molecule has 11 heteroatoms. The summed E-state index contributed by atoms with van der Waals surface area (Å²) in [6.45, 7) is 7.65. The van der Waals surface area contributed by atoms with Gasteiger partial charge in [0.25, 0.3) is 0 Å². The fraction of sp³-hybridized carbons (Fsp3) is 0.389. The molecule has 3 aromatic rings. The first kappa shape index (κ1) is 33.8. The summed E-state index contributed by atoms with van der Waals surface area (Å²) in [6, 6.07) is 18.3. The van der Waals surface area contributed by atoms with Crippen molar-refractivity contribution in [2.45, 2.75) is 70.9 Å². The lowest BCUT2D eigenvalue weighted by atomic mass is 9.85. The molecule has 1 fully saturated rings. The maximum absolute atomic E-state index is 13.4. The van der Waals surface area contributed by atoms with Crippen LogP contribution in [0.15, 0.2) is 83.6 Å². The number of allylic oxidation sites excluding steroid dienone is 1. The average molecular weight is 657 g/mol. The van der Waals surface area contributed by atoms with Crippen LogP contribution in [0.5, 0.6) is 5.75 Å². The minimum Gasteiger partial charge on any atom is -0.484 e. The number of urea groups is 1. The van der Waals surface area contributed by atoms with Gasteiger partial charge in [0.2, 0.25) is 5.96 Å².